The molecule has 3 heteroatoms. The molecule has 10 heavy (non-hydrogen) atoms. The number of aliphatic hydroxyl groups excluding tert-OH is 1. The largest absolute Gasteiger partial charge is 0.477 e. The van der Waals surface area contributed by atoms with Gasteiger partial charge < -0.3 is 14.7 Å². The molecule has 0 amide bonds. The van der Waals surface area contributed by atoms with Crippen LogP contribution in [0.15, 0.2) is 12.5 Å². The molecule has 0 spiro atoms. The molecule has 0 bridgehead atoms. The van der Waals surface area contributed by atoms with Gasteiger partial charge in [0.1, 0.15) is 6.26 Å². The van der Waals surface area contributed by atoms with Gasteiger partial charge in [-0.15, -0.1) is 0 Å². The molecule has 0 saturated heterocycles. The molecule has 1 rings (SSSR count). The van der Waals surface area contributed by atoms with Crippen molar-refractivity contribution in [1.82, 2.24) is 4.90 Å². The van der Waals surface area contributed by atoms with Crippen LogP contribution in [0.1, 0.15) is 13.8 Å². The maximum Gasteiger partial charge on any atom is 0.168 e. The molecule has 1 aliphatic rings. The second-order valence-corrected chi connectivity index (χ2v) is 2.57. The molecule has 0 fully saturated rings. The fourth-order valence-corrected chi connectivity index (χ4v) is 0.941. The van der Waals surface area contributed by atoms with E-state index in [-0.39, 0.29) is 12.3 Å². The molecule has 0 saturated carbocycles. The monoisotopic (exact) mass is 143 g/mol. The molecule has 2 unspecified atom stereocenters. The quantitative estimate of drug-likeness (QED) is 0.611. The third kappa shape index (κ3) is 1.64. The lowest BCUT2D eigenvalue weighted by Crippen LogP contribution is -2.31. The molecule has 2 atom stereocenters. The first-order valence-electron chi connectivity index (χ1n) is 3.46. The predicted molar refractivity (Wildman–Crippen MR) is 38.1 cm³/mol. The molecule has 1 N–H and O–H groups in total. The van der Waals surface area contributed by atoms with Gasteiger partial charge in [-0.05, 0) is 13.8 Å². The fourth-order valence-electron chi connectivity index (χ4n) is 0.941. The number of hydrogen-bond acceptors (Lipinski definition) is 3. The van der Waals surface area contributed by atoms with Crippen molar-refractivity contribution in [1.29, 1.82) is 0 Å². The van der Waals surface area contributed by atoms with Crippen molar-refractivity contribution < 1.29 is 9.84 Å². The van der Waals surface area contributed by atoms with Gasteiger partial charge in [0.25, 0.3) is 0 Å². The predicted octanol–water partition coefficient (Wildman–Crippen LogP) is 0.517. The van der Waals surface area contributed by atoms with E-state index >= 15 is 0 Å². The minimum atomic E-state index is -0.297. The molecule has 0 aliphatic carbocycles. The SMILES string of the molecule is CC(O)CN1C=COC1C. The highest BCUT2D eigenvalue weighted by Crippen LogP contribution is 2.09. The second kappa shape index (κ2) is 2.92. The van der Waals surface area contributed by atoms with Gasteiger partial charge in [-0.1, -0.05) is 0 Å². The van der Waals surface area contributed by atoms with Crippen LogP contribution in [0.2, 0.25) is 0 Å². The smallest absolute Gasteiger partial charge is 0.168 e. The van der Waals surface area contributed by atoms with E-state index in [2.05, 4.69) is 0 Å². The Labute approximate surface area is 60.9 Å². The summed E-state index contributed by atoms with van der Waals surface area (Å²) in [4.78, 5) is 1.95. The summed E-state index contributed by atoms with van der Waals surface area (Å²) in [7, 11) is 0. The van der Waals surface area contributed by atoms with Crippen molar-refractivity contribution in [2.24, 2.45) is 0 Å². The van der Waals surface area contributed by atoms with Crippen molar-refractivity contribution >= 4 is 0 Å². The zero-order valence-corrected chi connectivity index (χ0v) is 6.32. The summed E-state index contributed by atoms with van der Waals surface area (Å²) in [6.45, 7) is 4.35. The lowest BCUT2D eigenvalue weighted by molar-refractivity contribution is 0.0445. The topological polar surface area (TPSA) is 32.7 Å². The molecule has 1 heterocycles. The molecule has 0 aromatic rings. The summed E-state index contributed by atoms with van der Waals surface area (Å²) < 4.78 is 5.10. The van der Waals surface area contributed by atoms with E-state index in [9.17, 15) is 0 Å². The molecule has 0 aromatic heterocycles. The van der Waals surface area contributed by atoms with Crippen LogP contribution in [0.25, 0.3) is 0 Å². The zero-order valence-electron chi connectivity index (χ0n) is 6.32. The van der Waals surface area contributed by atoms with Crippen LogP contribution in [0, 0.1) is 0 Å². The van der Waals surface area contributed by atoms with Crippen molar-refractivity contribution in [3.8, 4) is 0 Å². The van der Waals surface area contributed by atoms with Gasteiger partial charge >= 0.3 is 0 Å². The molecule has 3 nitrogen and oxygen atoms in total. The molecule has 0 radical (unpaired) electrons. The summed E-state index contributed by atoms with van der Waals surface area (Å²) in [6.07, 6.45) is 3.27. The number of β-amino-alcohol motifs (C(OH)–C–C–N with tert-alkyl or cyclic N) is 1. The Morgan fingerprint density at radius 3 is 2.90 bits per heavy atom. The maximum atomic E-state index is 9.00. The third-order valence-corrected chi connectivity index (χ3v) is 1.47. The maximum absolute atomic E-state index is 9.00. The Kier molecular flexibility index (Phi) is 2.17. The second-order valence-electron chi connectivity index (χ2n) is 2.57. The number of rotatable bonds is 2. The molecular formula is C7H13NO2. The van der Waals surface area contributed by atoms with Crippen LogP contribution in [-0.4, -0.2) is 28.9 Å². The van der Waals surface area contributed by atoms with E-state index in [0.717, 1.165) is 0 Å². The van der Waals surface area contributed by atoms with Crippen LogP contribution in [0.4, 0.5) is 0 Å². The van der Waals surface area contributed by atoms with Gasteiger partial charge in [-0.25, -0.2) is 0 Å². The van der Waals surface area contributed by atoms with Crippen LogP contribution in [0.3, 0.4) is 0 Å². The van der Waals surface area contributed by atoms with Gasteiger partial charge in [0.05, 0.1) is 6.10 Å². The Balaban J connectivity index is 2.33. The van der Waals surface area contributed by atoms with Gasteiger partial charge in [-0.3, -0.25) is 0 Å². The Hall–Kier alpha value is -0.700. The lowest BCUT2D eigenvalue weighted by atomic mass is 10.3. The van der Waals surface area contributed by atoms with E-state index in [1.807, 2.05) is 18.0 Å². The summed E-state index contributed by atoms with van der Waals surface area (Å²) in [6, 6.07) is 0. The minimum absolute atomic E-state index is 0.0783. The third-order valence-electron chi connectivity index (χ3n) is 1.47. The Morgan fingerprint density at radius 2 is 2.50 bits per heavy atom. The van der Waals surface area contributed by atoms with E-state index in [1.165, 1.54) is 0 Å². The highest BCUT2D eigenvalue weighted by molar-refractivity contribution is 4.84. The first-order valence-corrected chi connectivity index (χ1v) is 3.46. The van der Waals surface area contributed by atoms with Crippen molar-refractivity contribution in [2.75, 3.05) is 6.54 Å². The number of hydrogen-bond donors (Lipinski definition) is 1. The van der Waals surface area contributed by atoms with Crippen LogP contribution < -0.4 is 0 Å². The van der Waals surface area contributed by atoms with E-state index in [0.29, 0.717) is 6.54 Å². The minimum Gasteiger partial charge on any atom is -0.477 e. The van der Waals surface area contributed by atoms with E-state index in [1.54, 1.807) is 13.2 Å². The van der Waals surface area contributed by atoms with Crippen LogP contribution in [0.5, 0.6) is 0 Å². The standard InChI is InChI=1S/C7H13NO2/c1-6(9)5-8-3-4-10-7(8)2/h3-4,6-7,9H,5H2,1-2H3. The summed E-state index contributed by atoms with van der Waals surface area (Å²) in [5.74, 6) is 0. The summed E-state index contributed by atoms with van der Waals surface area (Å²) >= 11 is 0. The average Bonchev–Trinajstić information content (AvgIpc) is 2.15. The van der Waals surface area contributed by atoms with Gasteiger partial charge in [-0.2, -0.15) is 0 Å². The fraction of sp³-hybridized carbons (Fsp3) is 0.714. The van der Waals surface area contributed by atoms with Crippen molar-refractivity contribution in [2.45, 2.75) is 26.2 Å². The molecular weight excluding hydrogens is 130 g/mol. The first kappa shape index (κ1) is 7.41. The van der Waals surface area contributed by atoms with E-state index in [4.69, 9.17) is 9.84 Å². The molecule has 0 aromatic carbocycles. The number of aliphatic hydroxyl groups is 1. The van der Waals surface area contributed by atoms with Crippen molar-refractivity contribution in [3.05, 3.63) is 12.5 Å². The Morgan fingerprint density at radius 1 is 1.80 bits per heavy atom. The van der Waals surface area contributed by atoms with Gasteiger partial charge in [0.2, 0.25) is 0 Å². The summed E-state index contributed by atoms with van der Waals surface area (Å²) in [5, 5.41) is 9.00. The molecule has 58 valence electrons. The Bertz CT molecular complexity index is 134. The highest BCUT2D eigenvalue weighted by atomic mass is 16.5. The number of ether oxygens (including phenoxy) is 1. The first-order chi connectivity index (χ1) is 4.70. The highest BCUT2D eigenvalue weighted by Gasteiger charge is 2.15. The zero-order chi connectivity index (χ0) is 7.56. The van der Waals surface area contributed by atoms with Crippen LogP contribution >= 0.6 is 0 Å². The molecule has 1 aliphatic heterocycles. The van der Waals surface area contributed by atoms with Gasteiger partial charge in [0, 0.05) is 12.7 Å². The number of nitrogens with zero attached hydrogens (tertiary/aromatic N) is 1. The normalized spacial score (nSPS) is 26.7. The average molecular weight is 143 g/mol. The van der Waals surface area contributed by atoms with Crippen molar-refractivity contribution in [3.63, 3.8) is 0 Å². The summed E-state index contributed by atoms with van der Waals surface area (Å²) in [5.41, 5.74) is 0. The van der Waals surface area contributed by atoms with Gasteiger partial charge in [0.15, 0.2) is 6.23 Å². The lowest BCUT2D eigenvalue weighted by Gasteiger charge is -2.21. The van der Waals surface area contributed by atoms with Crippen LogP contribution in [-0.2, 0) is 4.74 Å². The van der Waals surface area contributed by atoms with E-state index < -0.39 is 0 Å².